The highest BCUT2D eigenvalue weighted by Gasteiger charge is 2.20. The van der Waals surface area contributed by atoms with E-state index in [1.54, 1.807) is 13.2 Å². The number of nitrogens with one attached hydrogen (secondary N) is 2. The number of amides is 2. The first-order chi connectivity index (χ1) is 11.1. The van der Waals surface area contributed by atoms with Crippen LogP contribution in [-0.4, -0.2) is 62.7 Å². The molecule has 0 bridgehead atoms. The van der Waals surface area contributed by atoms with Gasteiger partial charge >= 0.3 is 0 Å². The number of hydrogen-bond donors (Lipinski definition) is 2. The van der Waals surface area contributed by atoms with Crippen LogP contribution in [0.15, 0.2) is 12.1 Å². The number of methoxy groups -OCH3 is 1. The predicted octanol–water partition coefficient (Wildman–Crippen LogP) is 1.01. The lowest BCUT2D eigenvalue weighted by molar-refractivity contribution is -0.121. The number of aryl methyl sites for hydroxylation is 1. The molecule has 2 N–H and O–H groups in total. The van der Waals surface area contributed by atoms with Gasteiger partial charge in [0.25, 0.3) is 5.91 Å². The summed E-state index contributed by atoms with van der Waals surface area (Å²) in [6.45, 7) is 5.59. The number of carbonyl (C=O) groups is 2. The Bertz CT molecular complexity index is 524. The van der Waals surface area contributed by atoms with Gasteiger partial charge in [-0.2, -0.15) is 0 Å². The molecule has 2 heterocycles. The van der Waals surface area contributed by atoms with E-state index in [0.29, 0.717) is 4.88 Å². The normalized spacial score (nSPS) is 16.3. The average molecular weight is 339 g/mol. The van der Waals surface area contributed by atoms with Crippen LogP contribution >= 0.6 is 11.3 Å². The molecule has 0 atom stereocenters. The number of ether oxygens (including phenoxy) is 1. The fourth-order valence-electron chi connectivity index (χ4n) is 2.60. The predicted molar refractivity (Wildman–Crippen MR) is 90.9 cm³/mol. The van der Waals surface area contributed by atoms with Crippen molar-refractivity contribution >= 4 is 23.2 Å². The van der Waals surface area contributed by atoms with Gasteiger partial charge in [0.15, 0.2) is 0 Å². The molecule has 0 aliphatic carbocycles. The highest BCUT2D eigenvalue weighted by Crippen LogP contribution is 2.14. The molecular weight excluding hydrogens is 314 g/mol. The Morgan fingerprint density at radius 3 is 2.70 bits per heavy atom. The van der Waals surface area contributed by atoms with Crippen LogP contribution in [0.4, 0.5) is 0 Å². The van der Waals surface area contributed by atoms with Crippen molar-refractivity contribution in [3.05, 3.63) is 21.9 Å². The number of hydrogen-bond acceptors (Lipinski definition) is 5. The second-order valence-corrected chi connectivity index (χ2v) is 7.06. The van der Waals surface area contributed by atoms with Crippen molar-refractivity contribution in [3.63, 3.8) is 0 Å². The Hall–Kier alpha value is -1.44. The number of carbonyl (C=O) groups excluding carboxylic acids is 2. The van der Waals surface area contributed by atoms with Crippen molar-refractivity contribution < 1.29 is 14.3 Å². The van der Waals surface area contributed by atoms with E-state index >= 15 is 0 Å². The lowest BCUT2D eigenvalue weighted by atomic mass is 10.1. The molecule has 0 spiro atoms. The van der Waals surface area contributed by atoms with Crippen LogP contribution in [0.5, 0.6) is 0 Å². The van der Waals surface area contributed by atoms with E-state index < -0.39 is 0 Å². The van der Waals surface area contributed by atoms with Gasteiger partial charge in [0.1, 0.15) is 0 Å². The zero-order valence-electron chi connectivity index (χ0n) is 13.8. The molecule has 23 heavy (non-hydrogen) atoms. The summed E-state index contributed by atoms with van der Waals surface area (Å²) in [4.78, 5) is 27.9. The molecule has 1 aromatic heterocycles. The third-order valence-corrected chi connectivity index (χ3v) is 4.94. The van der Waals surface area contributed by atoms with E-state index in [1.807, 2.05) is 13.0 Å². The van der Waals surface area contributed by atoms with E-state index in [1.165, 1.54) is 11.3 Å². The van der Waals surface area contributed by atoms with Gasteiger partial charge in [-0.15, -0.1) is 11.3 Å². The molecule has 0 aromatic carbocycles. The minimum atomic E-state index is -0.187. The van der Waals surface area contributed by atoms with Crippen molar-refractivity contribution in [2.24, 2.45) is 0 Å². The van der Waals surface area contributed by atoms with E-state index in [2.05, 4.69) is 15.5 Å². The minimum Gasteiger partial charge on any atom is -0.383 e. The summed E-state index contributed by atoms with van der Waals surface area (Å²) < 4.78 is 5.08. The Morgan fingerprint density at radius 1 is 1.35 bits per heavy atom. The highest BCUT2D eigenvalue weighted by molar-refractivity contribution is 7.13. The van der Waals surface area contributed by atoms with Gasteiger partial charge in [-0.3, -0.25) is 9.59 Å². The first kappa shape index (κ1) is 17.9. The molecule has 1 aromatic rings. The van der Waals surface area contributed by atoms with Gasteiger partial charge in [-0.25, -0.2) is 0 Å². The van der Waals surface area contributed by atoms with Crippen LogP contribution in [-0.2, 0) is 9.53 Å². The molecular formula is C16H25N3O3S. The maximum absolute atomic E-state index is 11.9. The van der Waals surface area contributed by atoms with Crippen LogP contribution in [0.3, 0.4) is 0 Å². The van der Waals surface area contributed by atoms with Crippen LogP contribution in [0.1, 0.15) is 27.4 Å². The lowest BCUT2D eigenvalue weighted by Gasteiger charge is -2.32. The highest BCUT2D eigenvalue weighted by atomic mass is 32.1. The average Bonchev–Trinajstić information content (AvgIpc) is 2.98. The molecule has 2 amide bonds. The van der Waals surface area contributed by atoms with Gasteiger partial charge in [-0.1, -0.05) is 0 Å². The number of piperidine rings is 1. The van der Waals surface area contributed by atoms with Gasteiger partial charge in [-0.05, 0) is 31.9 Å². The van der Waals surface area contributed by atoms with Gasteiger partial charge in [0.05, 0.1) is 18.0 Å². The van der Waals surface area contributed by atoms with Crippen molar-refractivity contribution in [3.8, 4) is 0 Å². The Balaban J connectivity index is 1.64. The summed E-state index contributed by atoms with van der Waals surface area (Å²) in [6, 6.07) is 3.88. The zero-order chi connectivity index (χ0) is 16.7. The zero-order valence-corrected chi connectivity index (χ0v) is 14.6. The quantitative estimate of drug-likeness (QED) is 0.778. The molecule has 7 heteroatoms. The molecule has 1 saturated heterocycles. The fourth-order valence-corrected chi connectivity index (χ4v) is 3.39. The van der Waals surface area contributed by atoms with Crippen LogP contribution < -0.4 is 10.6 Å². The van der Waals surface area contributed by atoms with E-state index in [-0.39, 0.29) is 24.4 Å². The Morgan fingerprint density at radius 2 is 2.09 bits per heavy atom. The number of nitrogens with zero attached hydrogens (tertiary/aromatic N) is 1. The second-order valence-electron chi connectivity index (χ2n) is 5.77. The van der Waals surface area contributed by atoms with Gasteiger partial charge in [0, 0.05) is 37.7 Å². The monoisotopic (exact) mass is 339 g/mol. The Kier molecular flexibility index (Phi) is 7.01. The third kappa shape index (κ3) is 5.93. The summed E-state index contributed by atoms with van der Waals surface area (Å²) >= 11 is 1.43. The summed E-state index contributed by atoms with van der Waals surface area (Å²) in [5.41, 5.74) is 0. The molecule has 2 rings (SSSR count). The summed E-state index contributed by atoms with van der Waals surface area (Å²) in [5, 5.41) is 5.67. The molecule has 1 aliphatic heterocycles. The molecule has 0 radical (unpaired) electrons. The molecule has 0 unspecified atom stereocenters. The van der Waals surface area contributed by atoms with E-state index in [9.17, 15) is 9.59 Å². The smallest absolute Gasteiger partial charge is 0.261 e. The van der Waals surface area contributed by atoms with Crippen LogP contribution in [0.25, 0.3) is 0 Å². The molecule has 1 fully saturated rings. The van der Waals surface area contributed by atoms with Crippen LogP contribution in [0, 0.1) is 6.92 Å². The maximum atomic E-state index is 11.9. The molecule has 128 valence electrons. The molecule has 1 aliphatic rings. The standard InChI is InChI=1S/C16H25N3O3S/c1-12-3-4-14(23-12)16(21)17-11-15(20)18-13-5-7-19(8-6-13)9-10-22-2/h3-4,13H,5-11H2,1-2H3,(H,17,21)(H,18,20). The summed E-state index contributed by atoms with van der Waals surface area (Å²) in [5.74, 6) is -0.311. The largest absolute Gasteiger partial charge is 0.383 e. The maximum Gasteiger partial charge on any atom is 0.261 e. The molecule has 0 saturated carbocycles. The van der Waals surface area contributed by atoms with Crippen molar-refractivity contribution in [2.45, 2.75) is 25.8 Å². The first-order valence-electron chi connectivity index (χ1n) is 7.94. The van der Waals surface area contributed by atoms with Gasteiger partial charge < -0.3 is 20.3 Å². The second kappa shape index (κ2) is 9.00. The molecule has 6 nitrogen and oxygen atoms in total. The number of thiophene rings is 1. The van der Waals surface area contributed by atoms with Crippen molar-refractivity contribution in [1.29, 1.82) is 0 Å². The number of rotatable bonds is 7. The fraction of sp³-hybridized carbons (Fsp3) is 0.625. The Labute approximate surface area is 141 Å². The minimum absolute atomic E-state index is 0.0275. The van der Waals surface area contributed by atoms with Crippen molar-refractivity contribution in [1.82, 2.24) is 15.5 Å². The van der Waals surface area contributed by atoms with E-state index in [4.69, 9.17) is 4.74 Å². The van der Waals surface area contributed by atoms with Gasteiger partial charge in [0.2, 0.25) is 5.91 Å². The SMILES string of the molecule is COCCN1CCC(NC(=O)CNC(=O)c2ccc(C)s2)CC1. The summed E-state index contributed by atoms with van der Waals surface area (Å²) in [6.07, 6.45) is 1.88. The number of likely N-dealkylation sites (tertiary alicyclic amines) is 1. The topological polar surface area (TPSA) is 70.7 Å². The first-order valence-corrected chi connectivity index (χ1v) is 8.75. The van der Waals surface area contributed by atoms with Crippen LogP contribution in [0.2, 0.25) is 0 Å². The van der Waals surface area contributed by atoms with E-state index in [0.717, 1.165) is 44.0 Å². The summed E-state index contributed by atoms with van der Waals surface area (Å²) in [7, 11) is 1.71. The van der Waals surface area contributed by atoms with Crippen molar-refractivity contribution in [2.75, 3.05) is 39.9 Å². The lowest BCUT2D eigenvalue weighted by Crippen LogP contribution is -2.47. The third-order valence-electron chi connectivity index (χ3n) is 3.94.